The number of benzene rings is 2. The molecule has 31 heavy (non-hydrogen) atoms. The van der Waals surface area contributed by atoms with Gasteiger partial charge in [-0.2, -0.15) is 9.36 Å². The molecule has 0 amide bonds. The molecule has 0 aliphatic rings. The van der Waals surface area contributed by atoms with Gasteiger partial charge in [0.25, 0.3) is 0 Å². The molecule has 0 atom stereocenters. The maximum atomic E-state index is 12.4. The molecule has 0 saturated carbocycles. The number of hydrogen-bond donors (Lipinski definition) is 0. The topological polar surface area (TPSA) is 84.1 Å². The van der Waals surface area contributed by atoms with Crippen molar-refractivity contribution in [1.29, 1.82) is 0 Å². The second-order valence-electron chi connectivity index (χ2n) is 7.19. The van der Waals surface area contributed by atoms with E-state index in [1.54, 1.807) is 26.3 Å². The van der Waals surface area contributed by atoms with Crippen molar-refractivity contribution in [2.75, 3.05) is 7.11 Å². The van der Waals surface area contributed by atoms with Crippen molar-refractivity contribution in [1.82, 2.24) is 24.8 Å². The molecule has 4 aromatic rings. The summed E-state index contributed by atoms with van der Waals surface area (Å²) in [7, 11) is 3.13. The number of hydrogen-bond acceptors (Lipinski definition) is 6. The largest absolute Gasteiger partial charge is 0.496 e. The summed E-state index contributed by atoms with van der Waals surface area (Å²) in [4.78, 5) is 16.9. The highest BCUT2D eigenvalue weighted by atomic mass is 16.5. The van der Waals surface area contributed by atoms with E-state index in [-0.39, 0.29) is 12.3 Å². The van der Waals surface area contributed by atoms with Gasteiger partial charge in [0.1, 0.15) is 18.1 Å². The van der Waals surface area contributed by atoms with Crippen LogP contribution in [0.5, 0.6) is 11.5 Å². The van der Waals surface area contributed by atoms with Gasteiger partial charge in [0, 0.05) is 18.3 Å². The molecule has 0 spiro atoms. The van der Waals surface area contributed by atoms with Crippen LogP contribution in [0.15, 0.2) is 59.4 Å². The van der Waals surface area contributed by atoms with Crippen LogP contribution in [0.3, 0.4) is 0 Å². The summed E-state index contributed by atoms with van der Waals surface area (Å²) in [6, 6.07) is 17.3. The summed E-state index contributed by atoms with van der Waals surface area (Å²) in [5.74, 6) is 1.34. The number of aromatic nitrogens is 5. The fourth-order valence-corrected chi connectivity index (χ4v) is 3.38. The molecule has 8 heteroatoms. The molecule has 0 unspecified atom stereocenters. The molecule has 0 aliphatic heterocycles. The Morgan fingerprint density at radius 1 is 0.968 bits per heavy atom. The quantitative estimate of drug-likeness (QED) is 0.479. The first kappa shape index (κ1) is 20.3. The molecule has 158 valence electrons. The van der Waals surface area contributed by atoms with Crippen LogP contribution in [-0.4, -0.2) is 31.9 Å². The van der Waals surface area contributed by atoms with Crippen molar-refractivity contribution in [3.63, 3.8) is 0 Å². The molecular weight excluding hydrogens is 394 g/mol. The molecule has 2 heterocycles. The average Bonchev–Trinajstić information content (AvgIpc) is 3.10. The second kappa shape index (κ2) is 8.43. The molecule has 0 saturated heterocycles. The Morgan fingerprint density at radius 2 is 1.77 bits per heavy atom. The molecule has 2 aromatic heterocycles. The van der Waals surface area contributed by atoms with Gasteiger partial charge in [0.2, 0.25) is 0 Å². The van der Waals surface area contributed by atoms with Crippen LogP contribution in [0.4, 0.5) is 0 Å². The number of pyridine rings is 1. The third-order valence-corrected chi connectivity index (χ3v) is 5.01. The van der Waals surface area contributed by atoms with E-state index >= 15 is 0 Å². The fourth-order valence-electron chi connectivity index (χ4n) is 3.38. The number of nitrogens with zero attached hydrogens (tertiary/aromatic N) is 5. The number of aryl methyl sites for hydroxylation is 3. The summed E-state index contributed by atoms with van der Waals surface area (Å²) >= 11 is 0. The average molecular weight is 417 g/mol. The second-order valence-corrected chi connectivity index (χ2v) is 7.19. The van der Waals surface area contributed by atoms with Gasteiger partial charge in [-0.25, -0.2) is 4.79 Å². The third kappa shape index (κ3) is 4.05. The van der Waals surface area contributed by atoms with E-state index in [2.05, 4.69) is 15.4 Å². The Bertz CT molecular complexity index is 1290. The highest BCUT2D eigenvalue weighted by Gasteiger charge is 2.16. The first-order valence-electron chi connectivity index (χ1n) is 9.80. The molecule has 0 radical (unpaired) electrons. The maximum absolute atomic E-state index is 12.4. The van der Waals surface area contributed by atoms with Gasteiger partial charge < -0.3 is 9.47 Å². The minimum Gasteiger partial charge on any atom is -0.496 e. The van der Waals surface area contributed by atoms with E-state index in [1.807, 2.05) is 56.3 Å². The predicted octanol–water partition coefficient (Wildman–Crippen LogP) is 3.23. The Kier molecular flexibility index (Phi) is 5.53. The van der Waals surface area contributed by atoms with Crippen LogP contribution in [0.2, 0.25) is 0 Å². The van der Waals surface area contributed by atoms with Crippen molar-refractivity contribution in [3.05, 3.63) is 81.9 Å². The third-order valence-electron chi connectivity index (χ3n) is 5.01. The van der Waals surface area contributed by atoms with Crippen LogP contribution in [0, 0.1) is 13.8 Å². The summed E-state index contributed by atoms with van der Waals surface area (Å²) in [5.41, 5.74) is 4.82. The summed E-state index contributed by atoms with van der Waals surface area (Å²) in [6.45, 7) is 4.16. The van der Waals surface area contributed by atoms with E-state index in [0.717, 1.165) is 28.3 Å². The number of methoxy groups -OCH3 is 1. The standard InChI is InChI=1S/C23H23N5O3/c1-15-13-17(19-8-5-7-16(2)24-19)11-12-21(15)31-14-18-20(9-6-10-22(18)30-4)28-23(29)27(3)25-26-28/h5-13H,14H2,1-4H3. The Balaban J connectivity index is 1.64. The normalized spacial score (nSPS) is 10.8. The SMILES string of the molecule is COc1cccc(-n2nnn(C)c2=O)c1COc1ccc(-c2cccc(C)n2)cc1C. The van der Waals surface area contributed by atoms with E-state index in [0.29, 0.717) is 17.0 Å². The number of ether oxygens (including phenoxy) is 2. The molecule has 0 aliphatic carbocycles. The Hall–Kier alpha value is -3.94. The highest BCUT2D eigenvalue weighted by Crippen LogP contribution is 2.29. The summed E-state index contributed by atoms with van der Waals surface area (Å²) in [5, 5.41) is 7.74. The predicted molar refractivity (Wildman–Crippen MR) is 117 cm³/mol. The van der Waals surface area contributed by atoms with Gasteiger partial charge in [-0.15, -0.1) is 0 Å². The number of tetrazole rings is 1. The molecular formula is C23H23N5O3. The van der Waals surface area contributed by atoms with Crippen molar-refractivity contribution in [2.45, 2.75) is 20.5 Å². The van der Waals surface area contributed by atoms with Gasteiger partial charge in [-0.1, -0.05) is 12.1 Å². The van der Waals surface area contributed by atoms with Crippen LogP contribution in [-0.2, 0) is 13.7 Å². The molecule has 2 aromatic carbocycles. The Morgan fingerprint density at radius 3 is 2.45 bits per heavy atom. The van der Waals surface area contributed by atoms with Crippen molar-refractivity contribution < 1.29 is 9.47 Å². The Labute approximate surface area is 179 Å². The van der Waals surface area contributed by atoms with Crippen molar-refractivity contribution >= 4 is 0 Å². The summed E-state index contributed by atoms with van der Waals surface area (Å²) in [6.07, 6.45) is 0. The highest BCUT2D eigenvalue weighted by molar-refractivity contribution is 5.62. The van der Waals surface area contributed by atoms with E-state index in [9.17, 15) is 4.79 Å². The van der Waals surface area contributed by atoms with Crippen LogP contribution < -0.4 is 15.2 Å². The van der Waals surface area contributed by atoms with Crippen LogP contribution in [0.1, 0.15) is 16.8 Å². The lowest BCUT2D eigenvalue weighted by Gasteiger charge is -2.15. The monoisotopic (exact) mass is 417 g/mol. The molecule has 0 N–H and O–H groups in total. The molecule has 0 fully saturated rings. The van der Waals surface area contributed by atoms with Crippen LogP contribution >= 0.6 is 0 Å². The zero-order chi connectivity index (χ0) is 22.0. The van der Waals surface area contributed by atoms with E-state index in [1.165, 1.54) is 9.36 Å². The van der Waals surface area contributed by atoms with Gasteiger partial charge >= 0.3 is 5.69 Å². The molecule has 0 bridgehead atoms. The smallest absolute Gasteiger partial charge is 0.368 e. The minimum atomic E-state index is -0.347. The van der Waals surface area contributed by atoms with Gasteiger partial charge in [-0.3, -0.25) is 4.98 Å². The maximum Gasteiger partial charge on any atom is 0.368 e. The lowest BCUT2D eigenvalue weighted by molar-refractivity contribution is 0.294. The lowest BCUT2D eigenvalue weighted by atomic mass is 10.1. The number of rotatable bonds is 6. The zero-order valence-corrected chi connectivity index (χ0v) is 17.9. The van der Waals surface area contributed by atoms with Gasteiger partial charge in [0.05, 0.1) is 24.1 Å². The first-order chi connectivity index (χ1) is 15.0. The van der Waals surface area contributed by atoms with Crippen LogP contribution in [0.25, 0.3) is 16.9 Å². The van der Waals surface area contributed by atoms with E-state index in [4.69, 9.17) is 9.47 Å². The first-order valence-corrected chi connectivity index (χ1v) is 9.80. The minimum absolute atomic E-state index is 0.200. The fraction of sp³-hybridized carbons (Fsp3) is 0.217. The van der Waals surface area contributed by atoms with Crippen molar-refractivity contribution in [2.24, 2.45) is 7.05 Å². The van der Waals surface area contributed by atoms with Gasteiger partial charge in [0.15, 0.2) is 0 Å². The van der Waals surface area contributed by atoms with Gasteiger partial charge in [-0.05, 0) is 72.3 Å². The lowest BCUT2D eigenvalue weighted by Crippen LogP contribution is -2.23. The zero-order valence-electron chi connectivity index (χ0n) is 17.9. The van der Waals surface area contributed by atoms with Crippen molar-refractivity contribution in [3.8, 4) is 28.4 Å². The molecule has 4 rings (SSSR count). The molecule has 8 nitrogen and oxygen atoms in total. The summed E-state index contributed by atoms with van der Waals surface area (Å²) < 4.78 is 14.0. The van der Waals surface area contributed by atoms with E-state index < -0.39 is 0 Å².